The number of hydrogen-bond acceptors (Lipinski definition) is 9. The largest absolute Gasteiger partial charge is 0.371 e. The van der Waals surface area contributed by atoms with Crippen molar-refractivity contribution in [2.75, 3.05) is 78.5 Å². The Bertz CT molecular complexity index is 2100. The van der Waals surface area contributed by atoms with Crippen LogP contribution in [-0.2, 0) is 9.59 Å². The average molecular weight is 761 g/mol. The SMILES string of the molecule is [C-]#[N+]c1ccc(N2CC3(CCN(c4ccc(N5CCN(C6CN(c7ccc8c(c7)C(=O)N(C7CCC(=O)NC7=O)C8=O)C6)CC5)cc4)CC3)C[C@@H]2C)cc1Cl. The van der Waals surface area contributed by atoms with Crippen LogP contribution in [0.15, 0.2) is 60.7 Å². The molecule has 1 spiro atoms. The van der Waals surface area contributed by atoms with Gasteiger partial charge in [0.1, 0.15) is 6.04 Å². The van der Waals surface area contributed by atoms with Gasteiger partial charge in [-0.15, -0.1) is 0 Å². The lowest BCUT2D eigenvalue weighted by atomic mass is 9.76. The maximum atomic E-state index is 13.3. The molecule has 284 valence electrons. The zero-order chi connectivity index (χ0) is 38.0. The highest BCUT2D eigenvalue weighted by Crippen LogP contribution is 2.46. The van der Waals surface area contributed by atoms with E-state index in [1.54, 1.807) is 12.1 Å². The Balaban J connectivity index is 0.746. The highest BCUT2D eigenvalue weighted by Gasteiger charge is 2.46. The van der Waals surface area contributed by atoms with Gasteiger partial charge < -0.3 is 19.6 Å². The Kier molecular flexibility index (Phi) is 8.97. The summed E-state index contributed by atoms with van der Waals surface area (Å²) in [4.78, 5) is 67.3. The van der Waals surface area contributed by atoms with Gasteiger partial charge in [0.25, 0.3) is 11.8 Å². The molecule has 3 aromatic carbocycles. The predicted octanol–water partition coefficient (Wildman–Crippen LogP) is 5.19. The van der Waals surface area contributed by atoms with E-state index in [4.69, 9.17) is 18.2 Å². The van der Waals surface area contributed by atoms with Gasteiger partial charge in [-0.05, 0) is 92.6 Å². The minimum atomic E-state index is -0.959. The van der Waals surface area contributed by atoms with Gasteiger partial charge in [0.05, 0.1) is 17.7 Å². The Morgan fingerprint density at radius 3 is 2.05 bits per heavy atom. The van der Waals surface area contributed by atoms with E-state index in [1.165, 1.54) is 17.8 Å². The number of carbonyl (C=O) groups excluding carboxylic acids is 4. The standard InChI is InChI=1S/C42H45ClN8O4/c1-27-23-42(26-50(27)31-8-10-36(44-2)35(43)22-31)13-15-46(16-14-42)28-3-5-29(6-4-28)47-17-19-48(20-18-47)32-24-49(25-32)30-7-9-33-34(21-30)41(55)51(40(33)54)37-11-12-38(52)45-39(37)53/h3-10,21-22,27,32,37H,11-20,23-26H2,1H3,(H,45,52,53)/t27-,37?/m0/s1. The second-order valence-electron chi connectivity index (χ2n) is 16.2. The van der Waals surface area contributed by atoms with Crippen molar-refractivity contribution in [3.05, 3.63) is 88.2 Å². The van der Waals surface area contributed by atoms with Crippen molar-refractivity contribution < 1.29 is 19.2 Å². The number of nitrogens with zero attached hydrogens (tertiary/aromatic N) is 7. The van der Waals surface area contributed by atoms with Crippen LogP contribution in [0, 0.1) is 12.0 Å². The number of fused-ring (bicyclic) bond motifs is 1. The zero-order valence-corrected chi connectivity index (χ0v) is 31.8. The summed E-state index contributed by atoms with van der Waals surface area (Å²) in [7, 11) is 0. The maximum Gasteiger partial charge on any atom is 0.262 e. The molecule has 5 fully saturated rings. The molecule has 12 nitrogen and oxygen atoms in total. The molecule has 0 aromatic heterocycles. The Labute approximate surface area is 326 Å². The molecule has 5 saturated heterocycles. The zero-order valence-electron chi connectivity index (χ0n) is 31.0. The van der Waals surface area contributed by atoms with E-state index in [9.17, 15) is 19.2 Å². The highest BCUT2D eigenvalue weighted by atomic mass is 35.5. The Morgan fingerprint density at radius 2 is 1.40 bits per heavy atom. The molecule has 6 heterocycles. The van der Waals surface area contributed by atoms with E-state index in [1.807, 2.05) is 24.3 Å². The van der Waals surface area contributed by atoms with Gasteiger partial charge in [0.2, 0.25) is 17.5 Å². The summed E-state index contributed by atoms with van der Waals surface area (Å²) in [5, 5.41) is 2.78. The number of benzene rings is 3. The first-order chi connectivity index (χ1) is 26.6. The average Bonchev–Trinajstić information content (AvgIpc) is 3.62. The van der Waals surface area contributed by atoms with E-state index in [-0.39, 0.29) is 18.7 Å². The molecular weight excluding hydrogens is 716 g/mol. The van der Waals surface area contributed by atoms with Crippen molar-refractivity contribution in [2.24, 2.45) is 5.41 Å². The van der Waals surface area contributed by atoms with Crippen LogP contribution < -0.4 is 24.9 Å². The fraction of sp³-hybridized carbons (Fsp3) is 0.452. The number of halogens is 1. The number of imide groups is 2. The number of piperazine rings is 1. The van der Waals surface area contributed by atoms with Crippen LogP contribution in [0.25, 0.3) is 4.85 Å². The third-order valence-corrected chi connectivity index (χ3v) is 13.3. The van der Waals surface area contributed by atoms with Crippen LogP contribution in [-0.4, -0.2) is 110 Å². The predicted molar refractivity (Wildman–Crippen MR) is 212 cm³/mol. The van der Waals surface area contributed by atoms with Crippen molar-refractivity contribution in [3.8, 4) is 0 Å². The molecular formula is C42H45ClN8O4. The van der Waals surface area contributed by atoms with Crippen molar-refractivity contribution in [1.82, 2.24) is 15.1 Å². The van der Waals surface area contributed by atoms with E-state index >= 15 is 0 Å². The lowest BCUT2D eigenvalue weighted by Crippen LogP contribution is -2.63. The first-order valence-electron chi connectivity index (χ1n) is 19.5. The third kappa shape index (κ3) is 6.37. The third-order valence-electron chi connectivity index (χ3n) is 13.0. The number of anilines is 4. The van der Waals surface area contributed by atoms with Gasteiger partial charge in [-0.1, -0.05) is 17.7 Å². The topological polar surface area (TPSA) is 104 Å². The Hall–Kier alpha value is -5.12. The molecule has 6 aliphatic heterocycles. The summed E-state index contributed by atoms with van der Waals surface area (Å²) >= 11 is 6.39. The molecule has 1 N–H and O–H groups in total. The smallest absolute Gasteiger partial charge is 0.262 e. The molecule has 1 unspecified atom stereocenters. The second kappa shape index (κ2) is 13.9. The van der Waals surface area contributed by atoms with Crippen molar-refractivity contribution in [1.29, 1.82) is 0 Å². The Morgan fingerprint density at radius 1 is 0.764 bits per heavy atom. The summed E-state index contributed by atoms with van der Waals surface area (Å²) in [6.45, 7) is 18.4. The molecule has 9 rings (SSSR count). The fourth-order valence-corrected chi connectivity index (χ4v) is 10.0. The minimum Gasteiger partial charge on any atom is -0.371 e. The summed E-state index contributed by atoms with van der Waals surface area (Å²) in [5.41, 5.74) is 6.01. The van der Waals surface area contributed by atoms with Crippen molar-refractivity contribution >= 4 is 63.7 Å². The second-order valence-corrected chi connectivity index (χ2v) is 16.6. The van der Waals surface area contributed by atoms with Crippen LogP contribution >= 0.6 is 11.6 Å². The van der Waals surface area contributed by atoms with Crippen LogP contribution in [0.2, 0.25) is 5.02 Å². The normalized spacial score (nSPS) is 24.3. The van der Waals surface area contributed by atoms with Crippen LogP contribution in [0.4, 0.5) is 28.4 Å². The number of hydrogen-bond donors (Lipinski definition) is 1. The quantitative estimate of drug-likeness (QED) is 0.269. The van der Waals surface area contributed by atoms with Gasteiger partial charge in [0.15, 0.2) is 0 Å². The van der Waals surface area contributed by atoms with Gasteiger partial charge in [-0.3, -0.25) is 34.3 Å². The fourth-order valence-electron chi connectivity index (χ4n) is 9.80. The lowest BCUT2D eigenvalue weighted by molar-refractivity contribution is -0.136. The first-order valence-corrected chi connectivity index (χ1v) is 19.9. The van der Waals surface area contributed by atoms with Crippen LogP contribution in [0.3, 0.4) is 0 Å². The van der Waals surface area contributed by atoms with Crippen molar-refractivity contribution in [2.45, 2.75) is 57.2 Å². The van der Waals surface area contributed by atoms with Crippen LogP contribution in [0.1, 0.15) is 59.7 Å². The number of amides is 4. The first kappa shape index (κ1) is 35.6. The minimum absolute atomic E-state index is 0.103. The highest BCUT2D eigenvalue weighted by molar-refractivity contribution is 6.33. The number of piperidine rings is 2. The summed E-state index contributed by atoms with van der Waals surface area (Å²) in [5.74, 6) is -1.93. The van der Waals surface area contributed by atoms with E-state index in [2.05, 4.69) is 65.9 Å². The van der Waals surface area contributed by atoms with Gasteiger partial charge in [0, 0.05) is 105 Å². The molecule has 2 atom stereocenters. The van der Waals surface area contributed by atoms with E-state index in [0.29, 0.717) is 39.3 Å². The molecule has 0 radical (unpaired) electrons. The summed E-state index contributed by atoms with van der Waals surface area (Å²) < 4.78 is 0. The molecule has 0 bridgehead atoms. The number of carbonyl (C=O) groups is 4. The van der Waals surface area contributed by atoms with Crippen LogP contribution in [0.5, 0.6) is 0 Å². The molecule has 55 heavy (non-hydrogen) atoms. The molecule has 0 saturated carbocycles. The van der Waals surface area contributed by atoms with Crippen molar-refractivity contribution in [3.63, 3.8) is 0 Å². The van der Waals surface area contributed by atoms with Gasteiger partial charge >= 0.3 is 0 Å². The van der Waals surface area contributed by atoms with Gasteiger partial charge in [-0.25, -0.2) is 4.85 Å². The molecule has 0 aliphatic carbocycles. The van der Waals surface area contributed by atoms with E-state index < -0.39 is 23.8 Å². The number of nitrogens with one attached hydrogen (secondary N) is 1. The maximum absolute atomic E-state index is 13.3. The molecule has 6 aliphatic rings. The lowest BCUT2D eigenvalue weighted by Gasteiger charge is -2.49. The monoisotopic (exact) mass is 760 g/mol. The molecule has 4 amide bonds. The summed E-state index contributed by atoms with van der Waals surface area (Å²) in [6, 6.07) is 20.2. The van der Waals surface area contributed by atoms with Gasteiger partial charge in [-0.2, -0.15) is 0 Å². The molecule has 13 heteroatoms. The molecule has 3 aromatic rings. The van der Waals surface area contributed by atoms with E-state index in [0.717, 1.165) is 88.0 Å². The summed E-state index contributed by atoms with van der Waals surface area (Å²) in [6.07, 6.45) is 3.76. The number of rotatable bonds is 6.